The molecule has 0 saturated heterocycles. The zero-order valence-electron chi connectivity index (χ0n) is 14.1. The summed E-state index contributed by atoms with van der Waals surface area (Å²) in [5.41, 5.74) is 2.84. The largest absolute Gasteiger partial charge is 0.463 e. The Bertz CT molecular complexity index is 1150. The topological polar surface area (TPSA) is 77.8 Å². The van der Waals surface area contributed by atoms with E-state index in [2.05, 4.69) is 0 Å². The van der Waals surface area contributed by atoms with E-state index in [-0.39, 0.29) is 11.0 Å². The molecule has 1 heterocycles. The first-order valence-corrected chi connectivity index (χ1v) is 7.94. The molecule has 3 aromatic rings. The normalized spacial score (nSPS) is 10.4. The number of nitrogens with zero attached hydrogens (tertiary/aromatic N) is 2. The van der Waals surface area contributed by atoms with Crippen LogP contribution in [0.5, 0.6) is 0 Å². The van der Waals surface area contributed by atoms with E-state index in [9.17, 15) is 15.3 Å². The van der Waals surface area contributed by atoms with Crippen LogP contribution in [0.4, 0.5) is 0 Å². The predicted molar refractivity (Wildman–Crippen MR) is 101 cm³/mol. The van der Waals surface area contributed by atoms with Gasteiger partial charge in [-0.25, -0.2) is 0 Å². The Morgan fingerprint density at radius 3 is 2.50 bits per heavy atom. The highest BCUT2D eigenvalue weighted by Gasteiger charge is 2.08. The third-order valence-electron chi connectivity index (χ3n) is 3.96. The summed E-state index contributed by atoms with van der Waals surface area (Å²) >= 11 is 0. The lowest BCUT2D eigenvalue weighted by Crippen LogP contribution is -2.04. The summed E-state index contributed by atoms with van der Waals surface area (Å²) in [5.74, 6) is 0. The highest BCUT2D eigenvalue weighted by Crippen LogP contribution is 2.21. The van der Waals surface area contributed by atoms with Crippen LogP contribution in [0.25, 0.3) is 22.6 Å². The van der Waals surface area contributed by atoms with Crippen LogP contribution in [0.2, 0.25) is 0 Å². The Kier molecular flexibility index (Phi) is 4.78. The first kappa shape index (κ1) is 17.0. The summed E-state index contributed by atoms with van der Waals surface area (Å²) in [4.78, 5) is 12.7. The monoisotopic (exact) mass is 338 g/mol. The van der Waals surface area contributed by atoms with Crippen LogP contribution in [-0.4, -0.2) is 0 Å². The van der Waals surface area contributed by atoms with Crippen molar-refractivity contribution < 1.29 is 4.42 Å². The molecule has 0 atom stereocenters. The molecule has 4 nitrogen and oxygen atoms in total. The number of hydrogen-bond acceptors (Lipinski definition) is 4. The molecule has 0 N–H and O–H groups in total. The minimum atomic E-state index is -0.158. The van der Waals surface area contributed by atoms with Crippen molar-refractivity contribution in [2.24, 2.45) is 0 Å². The molecule has 2 aromatic carbocycles. The third kappa shape index (κ3) is 3.31. The van der Waals surface area contributed by atoms with Crippen LogP contribution < -0.4 is 5.43 Å². The lowest BCUT2D eigenvalue weighted by atomic mass is 9.99. The fourth-order valence-electron chi connectivity index (χ4n) is 2.64. The Balaban J connectivity index is 2.13. The number of nitriles is 2. The van der Waals surface area contributed by atoms with E-state index in [0.717, 1.165) is 11.1 Å². The molecule has 0 bridgehead atoms. The summed E-state index contributed by atoms with van der Waals surface area (Å²) < 4.78 is 5.53. The van der Waals surface area contributed by atoms with E-state index in [1.54, 1.807) is 36.4 Å². The molecule has 0 aliphatic rings. The van der Waals surface area contributed by atoms with E-state index in [0.29, 0.717) is 22.1 Å². The van der Waals surface area contributed by atoms with Gasteiger partial charge < -0.3 is 4.42 Å². The van der Waals surface area contributed by atoms with E-state index in [4.69, 9.17) is 4.42 Å². The zero-order valence-corrected chi connectivity index (χ0v) is 14.1. The van der Waals surface area contributed by atoms with E-state index >= 15 is 0 Å². The van der Waals surface area contributed by atoms with Gasteiger partial charge in [-0.05, 0) is 30.7 Å². The van der Waals surface area contributed by atoms with Crippen LogP contribution in [0.1, 0.15) is 16.7 Å². The average molecular weight is 338 g/mol. The second-order valence-corrected chi connectivity index (χ2v) is 5.73. The standard InChI is InChI=1S/C22H14N2O2/c1-15-7-10-21-20(11-15)22(25)17(14-26-21)8-9-19(18(12-23)13-24)16-5-3-2-4-6-16/h2-11,14H,1H3/b9-8+. The average Bonchev–Trinajstić information content (AvgIpc) is 2.67. The summed E-state index contributed by atoms with van der Waals surface area (Å²) in [7, 11) is 0. The first-order valence-electron chi connectivity index (χ1n) is 7.94. The Labute approximate surface area is 150 Å². The molecule has 0 spiro atoms. The van der Waals surface area contributed by atoms with Gasteiger partial charge in [0.2, 0.25) is 0 Å². The van der Waals surface area contributed by atoms with Crippen molar-refractivity contribution in [2.45, 2.75) is 6.92 Å². The molecule has 3 rings (SSSR count). The maximum absolute atomic E-state index is 12.7. The highest BCUT2D eigenvalue weighted by molar-refractivity contribution is 5.86. The molecular formula is C22H14N2O2. The van der Waals surface area contributed by atoms with Crippen LogP contribution in [-0.2, 0) is 0 Å². The van der Waals surface area contributed by atoms with Gasteiger partial charge in [0.25, 0.3) is 0 Å². The molecule has 0 amide bonds. The maximum atomic E-state index is 12.7. The summed E-state index contributed by atoms with van der Waals surface area (Å²) in [6.07, 6.45) is 4.56. The molecule has 0 aliphatic carbocycles. The molecule has 0 saturated carbocycles. The molecule has 124 valence electrons. The predicted octanol–water partition coefficient (Wildman–Crippen LogP) is 4.62. The highest BCUT2D eigenvalue weighted by atomic mass is 16.3. The van der Waals surface area contributed by atoms with E-state index in [1.165, 1.54) is 6.26 Å². The van der Waals surface area contributed by atoms with Gasteiger partial charge in [-0.2, -0.15) is 10.5 Å². The molecule has 0 radical (unpaired) electrons. The van der Waals surface area contributed by atoms with Crippen molar-refractivity contribution in [3.05, 3.63) is 93.4 Å². The van der Waals surface area contributed by atoms with E-state index in [1.807, 2.05) is 43.3 Å². The molecule has 4 heteroatoms. The van der Waals surface area contributed by atoms with Crippen LogP contribution >= 0.6 is 0 Å². The van der Waals surface area contributed by atoms with Crippen molar-refractivity contribution in [1.29, 1.82) is 10.5 Å². The van der Waals surface area contributed by atoms with Gasteiger partial charge in [0.05, 0.1) is 10.9 Å². The minimum absolute atomic E-state index is 0.0199. The van der Waals surface area contributed by atoms with Crippen LogP contribution in [0.3, 0.4) is 0 Å². The smallest absolute Gasteiger partial charge is 0.199 e. The van der Waals surface area contributed by atoms with Gasteiger partial charge in [-0.3, -0.25) is 4.79 Å². The maximum Gasteiger partial charge on any atom is 0.199 e. The van der Waals surface area contributed by atoms with Gasteiger partial charge in [-0.1, -0.05) is 48.0 Å². The molecule has 0 fully saturated rings. The van der Waals surface area contributed by atoms with Crippen molar-refractivity contribution >= 4 is 22.6 Å². The van der Waals surface area contributed by atoms with Crippen molar-refractivity contribution in [1.82, 2.24) is 0 Å². The fraction of sp³-hybridized carbons (Fsp3) is 0.0455. The van der Waals surface area contributed by atoms with Crippen molar-refractivity contribution in [3.8, 4) is 12.1 Å². The second kappa shape index (κ2) is 7.34. The number of rotatable bonds is 3. The fourth-order valence-corrected chi connectivity index (χ4v) is 2.64. The number of benzene rings is 2. The second-order valence-electron chi connectivity index (χ2n) is 5.73. The third-order valence-corrected chi connectivity index (χ3v) is 3.96. The molecular weight excluding hydrogens is 324 g/mol. The SMILES string of the molecule is Cc1ccc2occ(/C=C/C(=C(C#N)C#N)c3ccccc3)c(=O)c2c1. The van der Waals surface area contributed by atoms with Crippen LogP contribution in [0.15, 0.2) is 75.7 Å². The quantitative estimate of drug-likeness (QED) is 0.516. The summed E-state index contributed by atoms with van der Waals surface area (Å²) in [6.45, 7) is 1.91. The van der Waals surface area contributed by atoms with Crippen LogP contribution in [0, 0.1) is 29.6 Å². The first-order chi connectivity index (χ1) is 12.6. The number of aryl methyl sites for hydroxylation is 1. The lowest BCUT2D eigenvalue weighted by Gasteiger charge is -2.03. The van der Waals surface area contributed by atoms with Gasteiger partial charge in [0.1, 0.15) is 29.6 Å². The summed E-state index contributed by atoms with van der Waals surface area (Å²) in [6, 6.07) is 18.3. The van der Waals surface area contributed by atoms with Gasteiger partial charge >= 0.3 is 0 Å². The Morgan fingerprint density at radius 2 is 1.81 bits per heavy atom. The van der Waals surface area contributed by atoms with Crippen molar-refractivity contribution in [3.63, 3.8) is 0 Å². The van der Waals surface area contributed by atoms with Gasteiger partial charge in [-0.15, -0.1) is 0 Å². The minimum Gasteiger partial charge on any atom is -0.463 e. The summed E-state index contributed by atoms with van der Waals surface area (Å²) in [5, 5.41) is 19.0. The molecule has 0 unspecified atom stereocenters. The van der Waals surface area contributed by atoms with Gasteiger partial charge in [0, 0.05) is 5.57 Å². The Morgan fingerprint density at radius 1 is 1.08 bits per heavy atom. The lowest BCUT2D eigenvalue weighted by molar-refractivity contribution is 0.601. The molecule has 1 aromatic heterocycles. The number of fused-ring (bicyclic) bond motifs is 1. The number of allylic oxidation sites excluding steroid dienone is 3. The molecule has 26 heavy (non-hydrogen) atoms. The van der Waals surface area contributed by atoms with Crippen molar-refractivity contribution in [2.75, 3.05) is 0 Å². The van der Waals surface area contributed by atoms with Gasteiger partial charge in [0.15, 0.2) is 5.43 Å². The van der Waals surface area contributed by atoms with E-state index < -0.39 is 0 Å². The molecule has 0 aliphatic heterocycles. The Hall–Kier alpha value is -3.89. The number of hydrogen-bond donors (Lipinski definition) is 0. The zero-order chi connectivity index (χ0) is 18.5.